The normalized spacial score (nSPS) is 14.0. The number of hydrogen-bond donors (Lipinski definition) is 1. The summed E-state index contributed by atoms with van der Waals surface area (Å²) in [6.45, 7) is 2.82. The Morgan fingerprint density at radius 2 is 1.68 bits per heavy atom. The Balaban J connectivity index is 1.65. The minimum Gasteiger partial charge on any atom is -0.504 e. The number of phenolic OH excluding ortho intramolecular Hbond substituents is 1. The number of benzene rings is 2. The van der Waals surface area contributed by atoms with Crippen LogP contribution in [0.2, 0.25) is 0 Å². The topological polar surface area (TPSA) is 51.2 Å². The molecule has 0 spiro atoms. The van der Waals surface area contributed by atoms with E-state index < -0.39 is 0 Å². The second kappa shape index (κ2) is 7.66. The molecule has 0 saturated carbocycles. The summed E-state index contributed by atoms with van der Waals surface area (Å²) in [5, 5.41) is 10.00. The molecule has 2 aromatic rings. The maximum Gasteiger partial charge on any atom is 0.160 e. The van der Waals surface area contributed by atoms with Crippen LogP contribution >= 0.6 is 0 Å². The van der Waals surface area contributed by atoms with Crippen molar-refractivity contribution in [2.24, 2.45) is 0 Å². The first-order valence-corrected chi connectivity index (χ1v) is 8.46. The SMILES string of the molecule is COc1cc2c(cc1O)CN(CCc1ccc(OC)c(OC)c1)CC2. The van der Waals surface area contributed by atoms with Crippen molar-refractivity contribution in [3.63, 3.8) is 0 Å². The fourth-order valence-electron chi connectivity index (χ4n) is 3.31. The lowest BCUT2D eigenvalue weighted by molar-refractivity contribution is 0.256. The van der Waals surface area contributed by atoms with Gasteiger partial charge in [-0.15, -0.1) is 0 Å². The van der Waals surface area contributed by atoms with Gasteiger partial charge in [0.1, 0.15) is 0 Å². The predicted octanol–water partition coefficient (Wildman–Crippen LogP) is 3.02. The number of aromatic hydroxyl groups is 1. The van der Waals surface area contributed by atoms with Gasteiger partial charge in [0.25, 0.3) is 0 Å². The van der Waals surface area contributed by atoms with E-state index in [2.05, 4.69) is 11.0 Å². The molecule has 0 fully saturated rings. The van der Waals surface area contributed by atoms with E-state index in [4.69, 9.17) is 14.2 Å². The number of ether oxygens (including phenoxy) is 3. The molecule has 1 N–H and O–H groups in total. The van der Waals surface area contributed by atoms with E-state index in [1.807, 2.05) is 24.3 Å². The van der Waals surface area contributed by atoms with Crippen LogP contribution in [0.1, 0.15) is 16.7 Å². The largest absolute Gasteiger partial charge is 0.504 e. The molecular formula is C20H25NO4. The van der Waals surface area contributed by atoms with Gasteiger partial charge in [0.05, 0.1) is 21.3 Å². The predicted molar refractivity (Wildman–Crippen MR) is 96.9 cm³/mol. The second-order valence-electron chi connectivity index (χ2n) is 6.26. The van der Waals surface area contributed by atoms with Crippen molar-refractivity contribution in [2.75, 3.05) is 34.4 Å². The van der Waals surface area contributed by atoms with E-state index in [1.165, 1.54) is 16.7 Å². The highest BCUT2D eigenvalue weighted by molar-refractivity contribution is 5.47. The van der Waals surface area contributed by atoms with Crippen LogP contribution in [0.25, 0.3) is 0 Å². The molecular weight excluding hydrogens is 318 g/mol. The summed E-state index contributed by atoms with van der Waals surface area (Å²) in [6.07, 6.45) is 1.91. The van der Waals surface area contributed by atoms with Gasteiger partial charge < -0.3 is 19.3 Å². The van der Waals surface area contributed by atoms with E-state index in [0.29, 0.717) is 5.75 Å². The molecule has 1 aliphatic heterocycles. The van der Waals surface area contributed by atoms with Gasteiger partial charge in [-0.3, -0.25) is 4.90 Å². The fourth-order valence-corrected chi connectivity index (χ4v) is 3.31. The lowest BCUT2D eigenvalue weighted by Crippen LogP contribution is -2.32. The molecule has 0 radical (unpaired) electrons. The third kappa shape index (κ3) is 3.82. The highest BCUT2D eigenvalue weighted by Crippen LogP contribution is 2.32. The summed E-state index contributed by atoms with van der Waals surface area (Å²) < 4.78 is 15.9. The first-order valence-electron chi connectivity index (χ1n) is 8.46. The minimum atomic E-state index is 0.211. The molecule has 1 aliphatic rings. The summed E-state index contributed by atoms with van der Waals surface area (Å²) >= 11 is 0. The number of fused-ring (bicyclic) bond motifs is 1. The Morgan fingerprint density at radius 1 is 0.920 bits per heavy atom. The standard InChI is InChI=1S/C20H25NO4/c1-23-18-5-4-14(10-20(18)25-3)6-8-21-9-7-15-12-19(24-2)17(22)11-16(15)13-21/h4-5,10-12,22H,6-9,13H2,1-3H3. The molecule has 0 aromatic heterocycles. The molecule has 0 amide bonds. The van der Waals surface area contributed by atoms with Gasteiger partial charge in [-0.2, -0.15) is 0 Å². The van der Waals surface area contributed by atoms with Gasteiger partial charge in [-0.25, -0.2) is 0 Å². The Labute approximate surface area is 148 Å². The first-order chi connectivity index (χ1) is 12.1. The molecule has 5 nitrogen and oxygen atoms in total. The molecule has 0 saturated heterocycles. The summed E-state index contributed by atoms with van der Waals surface area (Å²) in [6, 6.07) is 9.85. The Kier molecular flexibility index (Phi) is 5.34. The molecule has 134 valence electrons. The maximum absolute atomic E-state index is 10.00. The van der Waals surface area contributed by atoms with Crippen molar-refractivity contribution in [2.45, 2.75) is 19.4 Å². The van der Waals surface area contributed by atoms with Crippen molar-refractivity contribution < 1.29 is 19.3 Å². The van der Waals surface area contributed by atoms with Crippen LogP contribution in [-0.4, -0.2) is 44.4 Å². The molecule has 25 heavy (non-hydrogen) atoms. The van der Waals surface area contributed by atoms with E-state index in [-0.39, 0.29) is 5.75 Å². The summed E-state index contributed by atoms with van der Waals surface area (Å²) in [7, 11) is 4.89. The van der Waals surface area contributed by atoms with Crippen molar-refractivity contribution in [3.05, 3.63) is 47.0 Å². The minimum absolute atomic E-state index is 0.211. The van der Waals surface area contributed by atoms with Crippen LogP contribution in [0.15, 0.2) is 30.3 Å². The molecule has 5 heteroatoms. The zero-order valence-electron chi connectivity index (χ0n) is 15.0. The van der Waals surface area contributed by atoms with Crippen molar-refractivity contribution >= 4 is 0 Å². The number of nitrogens with zero attached hydrogens (tertiary/aromatic N) is 1. The van der Waals surface area contributed by atoms with Crippen molar-refractivity contribution in [3.8, 4) is 23.0 Å². The third-order valence-corrected chi connectivity index (χ3v) is 4.76. The van der Waals surface area contributed by atoms with E-state index >= 15 is 0 Å². The molecule has 3 rings (SSSR count). The number of methoxy groups -OCH3 is 3. The molecule has 0 aliphatic carbocycles. The summed E-state index contributed by atoms with van der Waals surface area (Å²) in [5.74, 6) is 2.28. The van der Waals surface area contributed by atoms with E-state index in [9.17, 15) is 5.11 Å². The van der Waals surface area contributed by atoms with E-state index in [1.54, 1.807) is 21.3 Å². The van der Waals surface area contributed by atoms with Crippen LogP contribution in [0.3, 0.4) is 0 Å². The van der Waals surface area contributed by atoms with Gasteiger partial charge in [0.2, 0.25) is 0 Å². The van der Waals surface area contributed by atoms with Gasteiger partial charge in [-0.1, -0.05) is 6.07 Å². The molecule has 0 atom stereocenters. The van der Waals surface area contributed by atoms with Crippen LogP contribution in [0.5, 0.6) is 23.0 Å². The molecule has 2 aromatic carbocycles. The summed E-state index contributed by atoms with van der Waals surface area (Å²) in [4.78, 5) is 2.41. The smallest absolute Gasteiger partial charge is 0.160 e. The van der Waals surface area contributed by atoms with Crippen molar-refractivity contribution in [1.82, 2.24) is 4.90 Å². The monoisotopic (exact) mass is 343 g/mol. The van der Waals surface area contributed by atoms with Crippen LogP contribution < -0.4 is 14.2 Å². The summed E-state index contributed by atoms with van der Waals surface area (Å²) in [5.41, 5.74) is 3.66. The van der Waals surface area contributed by atoms with Gasteiger partial charge in [0.15, 0.2) is 23.0 Å². The zero-order valence-corrected chi connectivity index (χ0v) is 15.0. The Bertz CT molecular complexity index is 745. The highest BCUT2D eigenvalue weighted by atomic mass is 16.5. The van der Waals surface area contributed by atoms with Crippen LogP contribution in [0.4, 0.5) is 0 Å². The van der Waals surface area contributed by atoms with Crippen LogP contribution in [-0.2, 0) is 19.4 Å². The number of rotatable bonds is 6. The van der Waals surface area contributed by atoms with Gasteiger partial charge in [0, 0.05) is 19.6 Å². The Hall–Kier alpha value is -2.40. The zero-order chi connectivity index (χ0) is 17.8. The number of hydrogen-bond acceptors (Lipinski definition) is 5. The van der Waals surface area contributed by atoms with Gasteiger partial charge in [-0.05, 0) is 53.8 Å². The van der Waals surface area contributed by atoms with E-state index in [0.717, 1.165) is 44.0 Å². The quantitative estimate of drug-likeness (QED) is 0.874. The molecule has 0 bridgehead atoms. The van der Waals surface area contributed by atoms with Crippen LogP contribution in [0, 0.1) is 0 Å². The molecule has 1 heterocycles. The van der Waals surface area contributed by atoms with Crippen molar-refractivity contribution in [1.29, 1.82) is 0 Å². The van der Waals surface area contributed by atoms with Gasteiger partial charge >= 0.3 is 0 Å². The lowest BCUT2D eigenvalue weighted by atomic mass is 9.98. The first kappa shape index (κ1) is 17.4. The maximum atomic E-state index is 10.00. The Morgan fingerprint density at radius 3 is 2.40 bits per heavy atom. The number of phenols is 1. The lowest BCUT2D eigenvalue weighted by Gasteiger charge is -2.29. The second-order valence-corrected chi connectivity index (χ2v) is 6.26. The highest BCUT2D eigenvalue weighted by Gasteiger charge is 2.19. The average molecular weight is 343 g/mol. The third-order valence-electron chi connectivity index (χ3n) is 4.76. The average Bonchev–Trinajstić information content (AvgIpc) is 2.65. The molecule has 0 unspecified atom stereocenters. The fraction of sp³-hybridized carbons (Fsp3) is 0.400.